The Morgan fingerprint density at radius 1 is 1.22 bits per heavy atom. The van der Waals surface area contributed by atoms with Gasteiger partial charge in [-0.25, -0.2) is 0 Å². The van der Waals surface area contributed by atoms with E-state index in [4.69, 9.17) is 5.11 Å². The second-order valence-corrected chi connectivity index (χ2v) is 5.82. The number of rotatable bonds is 4. The fourth-order valence-electron chi connectivity index (χ4n) is 2.83. The number of carboxylic acid groups (broad SMARTS) is 1. The van der Waals surface area contributed by atoms with Gasteiger partial charge in [0.25, 0.3) is 0 Å². The highest BCUT2D eigenvalue weighted by molar-refractivity contribution is 5.89. The van der Waals surface area contributed by atoms with Gasteiger partial charge in [-0.3, -0.25) is 9.59 Å². The normalized spacial score (nSPS) is 28.5. The predicted molar refractivity (Wildman–Crippen MR) is 67.1 cm³/mol. The quantitative estimate of drug-likeness (QED) is 0.794. The number of hydrogen-bond donors (Lipinski definition) is 1. The second-order valence-electron chi connectivity index (χ2n) is 5.82. The van der Waals surface area contributed by atoms with Gasteiger partial charge in [-0.2, -0.15) is 0 Å². The summed E-state index contributed by atoms with van der Waals surface area (Å²) in [6.45, 7) is 2.66. The van der Waals surface area contributed by atoms with Crippen LogP contribution in [-0.4, -0.2) is 60.5 Å². The number of amides is 1. The third-order valence-electron chi connectivity index (χ3n) is 3.97. The lowest BCUT2D eigenvalue weighted by atomic mass is 9.96. The molecule has 2 unspecified atom stereocenters. The summed E-state index contributed by atoms with van der Waals surface area (Å²) in [5, 5.41) is 8.84. The van der Waals surface area contributed by atoms with Gasteiger partial charge < -0.3 is 14.9 Å². The summed E-state index contributed by atoms with van der Waals surface area (Å²) in [5.41, 5.74) is 0. The van der Waals surface area contributed by atoms with Crippen LogP contribution in [0.3, 0.4) is 0 Å². The third-order valence-corrected chi connectivity index (χ3v) is 3.97. The lowest BCUT2D eigenvalue weighted by Crippen LogP contribution is -2.41. The van der Waals surface area contributed by atoms with E-state index in [1.807, 2.05) is 4.90 Å². The minimum atomic E-state index is -0.823. The molecule has 2 atom stereocenters. The summed E-state index contributed by atoms with van der Waals surface area (Å²) in [7, 11) is 4.14. The van der Waals surface area contributed by atoms with Gasteiger partial charge in [0.05, 0.1) is 11.8 Å². The summed E-state index contributed by atoms with van der Waals surface area (Å²) in [6.07, 6.45) is 2.61. The van der Waals surface area contributed by atoms with Crippen LogP contribution >= 0.6 is 0 Å². The lowest BCUT2D eigenvalue weighted by Gasteiger charge is -2.33. The smallest absolute Gasteiger partial charge is 0.307 e. The maximum Gasteiger partial charge on any atom is 0.307 e. The number of carbonyl (C=O) groups is 2. The van der Waals surface area contributed by atoms with E-state index < -0.39 is 11.9 Å². The van der Waals surface area contributed by atoms with Crippen molar-refractivity contribution in [3.63, 3.8) is 0 Å². The number of carbonyl (C=O) groups excluding carboxylic acids is 1. The van der Waals surface area contributed by atoms with Gasteiger partial charge in [0.15, 0.2) is 0 Å². The number of likely N-dealkylation sites (tertiary alicyclic amines) is 1. The predicted octanol–water partition coefficient (Wildman–Crippen LogP) is 0.507. The molecule has 0 aromatic heterocycles. The van der Waals surface area contributed by atoms with Crippen molar-refractivity contribution in [2.75, 3.05) is 33.7 Å². The Kier molecular flexibility index (Phi) is 3.90. The van der Waals surface area contributed by atoms with Gasteiger partial charge in [0.2, 0.25) is 5.91 Å². The molecule has 0 bridgehead atoms. The summed E-state index contributed by atoms with van der Waals surface area (Å²) in [5.74, 6) is -0.759. The van der Waals surface area contributed by atoms with Crippen molar-refractivity contribution in [1.29, 1.82) is 0 Å². The molecule has 5 heteroatoms. The van der Waals surface area contributed by atoms with Crippen molar-refractivity contribution < 1.29 is 14.7 Å². The van der Waals surface area contributed by atoms with Gasteiger partial charge in [0, 0.05) is 19.6 Å². The zero-order chi connectivity index (χ0) is 13.3. The first-order valence-corrected chi connectivity index (χ1v) is 6.65. The number of carboxylic acids is 1. The van der Waals surface area contributed by atoms with Crippen molar-refractivity contribution in [3.8, 4) is 0 Å². The molecule has 1 N–H and O–H groups in total. The molecule has 0 radical (unpaired) electrons. The Balaban J connectivity index is 1.76. The first-order chi connectivity index (χ1) is 8.49. The summed E-state index contributed by atoms with van der Waals surface area (Å²) in [4.78, 5) is 26.9. The molecule has 2 aliphatic rings. The molecular formula is C13H22N2O3. The van der Waals surface area contributed by atoms with E-state index in [0.29, 0.717) is 12.3 Å². The van der Waals surface area contributed by atoms with Gasteiger partial charge in [0.1, 0.15) is 0 Å². The Morgan fingerprint density at radius 2 is 1.83 bits per heavy atom. The zero-order valence-corrected chi connectivity index (χ0v) is 11.1. The average molecular weight is 254 g/mol. The molecular weight excluding hydrogens is 232 g/mol. The summed E-state index contributed by atoms with van der Waals surface area (Å²) < 4.78 is 0. The molecule has 1 amide bonds. The SMILES string of the molecule is CN(C)CC1CCN(C(=O)C2CC2C(=O)O)CC1. The number of nitrogens with zero attached hydrogens (tertiary/aromatic N) is 2. The Morgan fingerprint density at radius 3 is 2.28 bits per heavy atom. The summed E-state index contributed by atoms with van der Waals surface area (Å²) in [6, 6.07) is 0. The molecule has 0 spiro atoms. The van der Waals surface area contributed by atoms with E-state index in [-0.39, 0.29) is 11.8 Å². The van der Waals surface area contributed by atoms with E-state index >= 15 is 0 Å². The molecule has 1 heterocycles. The molecule has 1 aliphatic heterocycles. The highest BCUT2D eigenvalue weighted by Gasteiger charge is 2.50. The third kappa shape index (κ3) is 3.02. The van der Waals surface area contributed by atoms with Crippen molar-refractivity contribution in [3.05, 3.63) is 0 Å². The van der Waals surface area contributed by atoms with Crippen molar-refractivity contribution in [2.45, 2.75) is 19.3 Å². The zero-order valence-electron chi connectivity index (χ0n) is 11.1. The fraction of sp³-hybridized carbons (Fsp3) is 0.846. The minimum absolute atomic E-state index is 0.0608. The Labute approximate surface area is 108 Å². The molecule has 102 valence electrons. The molecule has 2 rings (SSSR count). The van der Waals surface area contributed by atoms with Gasteiger partial charge in [-0.05, 0) is 39.3 Å². The molecule has 1 aliphatic carbocycles. The fourth-order valence-corrected chi connectivity index (χ4v) is 2.83. The minimum Gasteiger partial charge on any atom is -0.481 e. The van der Waals surface area contributed by atoms with Crippen LogP contribution in [0.5, 0.6) is 0 Å². The van der Waals surface area contributed by atoms with Crippen LogP contribution in [0.4, 0.5) is 0 Å². The van der Waals surface area contributed by atoms with Crippen LogP contribution in [0.1, 0.15) is 19.3 Å². The molecule has 0 aromatic carbocycles. The van der Waals surface area contributed by atoms with Crippen molar-refractivity contribution in [2.24, 2.45) is 17.8 Å². The van der Waals surface area contributed by atoms with E-state index in [0.717, 1.165) is 32.5 Å². The summed E-state index contributed by atoms with van der Waals surface area (Å²) >= 11 is 0. The number of hydrogen-bond acceptors (Lipinski definition) is 3. The lowest BCUT2D eigenvalue weighted by molar-refractivity contribution is -0.142. The topological polar surface area (TPSA) is 60.9 Å². The molecule has 18 heavy (non-hydrogen) atoms. The maximum atomic E-state index is 12.1. The number of aliphatic carboxylic acids is 1. The van der Waals surface area contributed by atoms with Crippen LogP contribution in [0.25, 0.3) is 0 Å². The van der Waals surface area contributed by atoms with Crippen LogP contribution in [0, 0.1) is 17.8 Å². The van der Waals surface area contributed by atoms with Crippen molar-refractivity contribution in [1.82, 2.24) is 9.80 Å². The van der Waals surface area contributed by atoms with Crippen molar-refractivity contribution >= 4 is 11.9 Å². The molecule has 2 fully saturated rings. The first-order valence-electron chi connectivity index (χ1n) is 6.65. The average Bonchev–Trinajstić information content (AvgIpc) is 3.08. The molecule has 1 saturated heterocycles. The van der Waals surface area contributed by atoms with E-state index in [1.165, 1.54) is 0 Å². The van der Waals surface area contributed by atoms with E-state index in [2.05, 4.69) is 19.0 Å². The maximum absolute atomic E-state index is 12.1. The number of piperidine rings is 1. The first kappa shape index (κ1) is 13.3. The molecule has 0 aromatic rings. The second kappa shape index (κ2) is 5.26. The van der Waals surface area contributed by atoms with E-state index in [9.17, 15) is 9.59 Å². The van der Waals surface area contributed by atoms with Gasteiger partial charge in [-0.15, -0.1) is 0 Å². The molecule has 1 saturated carbocycles. The highest BCUT2D eigenvalue weighted by atomic mass is 16.4. The monoisotopic (exact) mass is 254 g/mol. The Hall–Kier alpha value is -1.10. The van der Waals surface area contributed by atoms with Crippen LogP contribution in [-0.2, 0) is 9.59 Å². The van der Waals surface area contributed by atoms with Crippen LogP contribution in [0.2, 0.25) is 0 Å². The highest BCUT2D eigenvalue weighted by Crippen LogP contribution is 2.40. The largest absolute Gasteiger partial charge is 0.481 e. The van der Waals surface area contributed by atoms with Crippen LogP contribution in [0.15, 0.2) is 0 Å². The standard InChI is InChI=1S/C13H22N2O3/c1-14(2)8-9-3-5-15(6-4-9)12(16)10-7-11(10)13(17)18/h9-11H,3-8H2,1-2H3,(H,17,18). The Bertz CT molecular complexity index is 335. The van der Waals surface area contributed by atoms with Crippen LogP contribution < -0.4 is 0 Å². The van der Waals surface area contributed by atoms with Gasteiger partial charge >= 0.3 is 5.97 Å². The van der Waals surface area contributed by atoms with E-state index in [1.54, 1.807) is 0 Å². The molecule has 5 nitrogen and oxygen atoms in total. The van der Waals surface area contributed by atoms with Gasteiger partial charge in [-0.1, -0.05) is 0 Å².